The molecule has 0 saturated heterocycles. The van der Waals surface area contributed by atoms with E-state index >= 15 is 0 Å². The summed E-state index contributed by atoms with van der Waals surface area (Å²) in [6.07, 6.45) is 0.610. The summed E-state index contributed by atoms with van der Waals surface area (Å²) < 4.78 is 16.2. The van der Waals surface area contributed by atoms with Crippen LogP contribution in [0.25, 0.3) is 11.5 Å². The average molecular weight is 351 g/mol. The lowest BCUT2D eigenvalue weighted by Gasteiger charge is -2.05. The minimum Gasteiger partial charge on any atom is -0.454 e. The molecule has 0 spiro atoms. The smallest absolute Gasteiger partial charge is 0.247 e. The number of hydrogen-bond acceptors (Lipinski definition) is 6. The largest absolute Gasteiger partial charge is 0.454 e. The van der Waals surface area contributed by atoms with Crippen LogP contribution >= 0.6 is 0 Å². The van der Waals surface area contributed by atoms with Gasteiger partial charge in [0.1, 0.15) is 0 Å². The molecule has 1 amide bonds. The first-order valence-corrected chi connectivity index (χ1v) is 8.26. The fraction of sp³-hybridized carbons (Fsp3) is 0.211. The van der Waals surface area contributed by atoms with Crippen molar-refractivity contribution in [2.45, 2.75) is 19.8 Å². The fourth-order valence-electron chi connectivity index (χ4n) is 2.67. The highest BCUT2D eigenvalue weighted by molar-refractivity contribution is 5.91. The zero-order valence-corrected chi connectivity index (χ0v) is 14.2. The fourth-order valence-corrected chi connectivity index (χ4v) is 2.67. The predicted octanol–water partition coefficient (Wildman–Crippen LogP) is 3.35. The molecule has 0 aliphatic carbocycles. The summed E-state index contributed by atoms with van der Waals surface area (Å²) in [4.78, 5) is 12.1. The van der Waals surface area contributed by atoms with Gasteiger partial charge in [0.2, 0.25) is 24.5 Å². The molecule has 132 valence electrons. The number of anilines is 1. The lowest BCUT2D eigenvalue weighted by molar-refractivity contribution is -0.116. The van der Waals surface area contributed by atoms with E-state index in [0.717, 1.165) is 11.1 Å². The van der Waals surface area contributed by atoms with Crippen LogP contribution in [0.2, 0.25) is 0 Å². The third-order valence-electron chi connectivity index (χ3n) is 3.95. The maximum atomic E-state index is 12.1. The first kappa shape index (κ1) is 16.1. The van der Waals surface area contributed by atoms with Gasteiger partial charge in [0.05, 0.1) is 0 Å². The van der Waals surface area contributed by atoms with E-state index in [9.17, 15) is 4.79 Å². The van der Waals surface area contributed by atoms with Gasteiger partial charge in [-0.05, 0) is 31.2 Å². The van der Waals surface area contributed by atoms with Gasteiger partial charge in [0.15, 0.2) is 11.5 Å². The zero-order chi connectivity index (χ0) is 17.9. The third-order valence-corrected chi connectivity index (χ3v) is 3.95. The zero-order valence-electron chi connectivity index (χ0n) is 14.2. The van der Waals surface area contributed by atoms with Gasteiger partial charge >= 0.3 is 0 Å². The molecule has 0 radical (unpaired) electrons. The van der Waals surface area contributed by atoms with Gasteiger partial charge in [-0.3, -0.25) is 4.79 Å². The van der Waals surface area contributed by atoms with E-state index in [0.29, 0.717) is 35.4 Å². The molecule has 0 bridgehead atoms. The summed E-state index contributed by atoms with van der Waals surface area (Å²) in [5.74, 6) is 2.06. The lowest BCUT2D eigenvalue weighted by Crippen LogP contribution is -2.12. The summed E-state index contributed by atoms with van der Waals surface area (Å²) in [6, 6.07) is 13.1. The Morgan fingerprint density at radius 1 is 1.12 bits per heavy atom. The molecular formula is C19H17N3O4. The molecule has 0 unspecified atom stereocenters. The van der Waals surface area contributed by atoms with Gasteiger partial charge in [0, 0.05) is 30.2 Å². The molecular weight excluding hydrogens is 334 g/mol. The number of nitrogens with one attached hydrogen (secondary N) is 1. The van der Waals surface area contributed by atoms with Crippen molar-refractivity contribution in [3.05, 3.63) is 53.9 Å². The normalized spacial score (nSPS) is 12.2. The Balaban J connectivity index is 1.35. The highest BCUT2D eigenvalue weighted by Crippen LogP contribution is 2.34. The standard InChI is InChI=1S/C19H17N3O4/c1-12-3-2-4-13(9-12)19-22-21-18(26-19)8-7-17(23)20-14-5-6-15-16(10-14)25-11-24-15/h2-6,9-10H,7-8,11H2,1H3,(H,20,23). The molecule has 7 heteroatoms. The van der Waals surface area contributed by atoms with Crippen molar-refractivity contribution in [3.63, 3.8) is 0 Å². The van der Waals surface area contributed by atoms with E-state index in [-0.39, 0.29) is 19.1 Å². The van der Waals surface area contributed by atoms with E-state index in [1.165, 1.54) is 0 Å². The number of rotatable bonds is 5. The number of carbonyl (C=O) groups is 1. The maximum absolute atomic E-state index is 12.1. The molecule has 2 heterocycles. The van der Waals surface area contributed by atoms with Crippen molar-refractivity contribution in [2.75, 3.05) is 12.1 Å². The highest BCUT2D eigenvalue weighted by Gasteiger charge is 2.15. The Morgan fingerprint density at radius 3 is 2.88 bits per heavy atom. The topological polar surface area (TPSA) is 86.5 Å². The van der Waals surface area contributed by atoms with Gasteiger partial charge < -0.3 is 19.2 Å². The molecule has 0 fully saturated rings. The molecule has 7 nitrogen and oxygen atoms in total. The van der Waals surface area contributed by atoms with Crippen LogP contribution in [0.1, 0.15) is 17.9 Å². The Labute approximate surface area is 150 Å². The molecule has 0 saturated carbocycles. The van der Waals surface area contributed by atoms with E-state index in [1.807, 2.05) is 31.2 Å². The molecule has 26 heavy (non-hydrogen) atoms. The number of nitrogens with zero attached hydrogens (tertiary/aromatic N) is 2. The van der Waals surface area contributed by atoms with Crippen LogP contribution in [0, 0.1) is 6.92 Å². The van der Waals surface area contributed by atoms with E-state index in [4.69, 9.17) is 13.9 Å². The molecule has 1 aliphatic heterocycles. The van der Waals surface area contributed by atoms with Gasteiger partial charge in [0.25, 0.3) is 0 Å². The summed E-state index contributed by atoms with van der Waals surface area (Å²) in [7, 11) is 0. The molecule has 1 N–H and O–H groups in total. The van der Waals surface area contributed by atoms with Crippen molar-refractivity contribution in [3.8, 4) is 23.0 Å². The second kappa shape index (κ2) is 6.87. The molecule has 4 rings (SSSR count). The van der Waals surface area contributed by atoms with Crippen LogP contribution in [0.15, 0.2) is 46.9 Å². The summed E-state index contributed by atoms with van der Waals surface area (Å²) in [6.45, 7) is 2.20. The monoisotopic (exact) mass is 351 g/mol. The number of amides is 1. The van der Waals surface area contributed by atoms with Crippen LogP contribution in [0.5, 0.6) is 11.5 Å². The van der Waals surface area contributed by atoms with Crippen LogP contribution in [0.4, 0.5) is 5.69 Å². The van der Waals surface area contributed by atoms with Crippen LogP contribution in [-0.4, -0.2) is 22.9 Å². The molecule has 1 aliphatic rings. The summed E-state index contributed by atoms with van der Waals surface area (Å²) >= 11 is 0. The number of carbonyl (C=O) groups excluding carboxylic acids is 1. The molecule has 1 aromatic heterocycles. The first-order chi connectivity index (χ1) is 12.7. The first-order valence-electron chi connectivity index (χ1n) is 8.26. The molecule has 3 aromatic rings. The SMILES string of the molecule is Cc1cccc(-c2nnc(CCC(=O)Nc3ccc4c(c3)OCO4)o2)c1. The minimum atomic E-state index is -0.140. The van der Waals surface area contributed by atoms with Crippen molar-refractivity contribution in [2.24, 2.45) is 0 Å². The van der Waals surface area contributed by atoms with Gasteiger partial charge in [-0.15, -0.1) is 10.2 Å². The molecule has 0 atom stereocenters. The van der Waals surface area contributed by atoms with E-state index in [1.54, 1.807) is 18.2 Å². The number of benzene rings is 2. The predicted molar refractivity (Wildman–Crippen MR) is 94.0 cm³/mol. The van der Waals surface area contributed by atoms with Gasteiger partial charge in [-0.25, -0.2) is 0 Å². The Morgan fingerprint density at radius 2 is 2.00 bits per heavy atom. The Kier molecular flexibility index (Phi) is 4.27. The van der Waals surface area contributed by atoms with E-state index < -0.39 is 0 Å². The van der Waals surface area contributed by atoms with Gasteiger partial charge in [-0.2, -0.15) is 0 Å². The van der Waals surface area contributed by atoms with Crippen molar-refractivity contribution in [1.82, 2.24) is 10.2 Å². The second-order valence-electron chi connectivity index (χ2n) is 5.99. The number of ether oxygens (including phenoxy) is 2. The number of hydrogen-bond donors (Lipinski definition) is 1. The third kappa shape index (κ3) is 3.51. The van der Waals surface area contributed by atoms with Crippen molar-refractivity contribution < 1.29 is 18.7 Å². The quantitative estimate of drug-likeness (QED) is 0.759. The Bertz CT molecular complexity index is 951. The minimum absolute atomic E-state index is 0.140. The van der Waals surface area contributed by atoms with Crippen molar-refractivity contribution >= 4 is 11.6 Å². The molecule has 2 aromatic carbocycles. The highest BCUT2D eigenvalue weighted by atomic mass is 16.7. The van der Waals surface area contributed by atoms with Crippen LogP contribution in [-0.2, 0) is 11.2 Å². The number of fused-ring (bicyclic) bond motifs is 1. The number of aromatic nitrogens is 2. The van der Waals surface area contributed by atoms with Gasteiger partial charge in [-0.1, -0.05) is 17.7 Å². The van der Waals surface area contributed by atoms with Crippen molar-refractivity contribution in [1.29, 1.82) is 0 Å². The lowest BCUT2D eigenvalue weighted by atomic mass is 10.1. The van der Waals surface area contributed by atoms with E-state index in [2.05, 4.69) is 15.5 Å². The van der Waals surface area contributed by atoms with Crippen LogP contribution < -0.4 is 14.8 Å². The number of aryl methyl sites for hydroxylation is 2. The summed E-state index contributed by atoms with van der Waals surface area (Å²) in [5, 5.41) is 10.9. The summed E-state index contributed by atoms with van der Waals surface area (Å²) in [5.41, 5.74) is 2.64. The maximum Gasteiger partial charge on any atom is 0.247 e. The average Bonchev–Trinajstić information content (AvgIpc) is 3.29. The Hall–Kier alpha value is -3.35. The second-order valence-corrected chi connectivity index (χ2v) is 5.99. The van der Waals surface area contributed by atoms with Crippen LogP contribution in [0.3, 0.4) is 0 Å².